The summed E-state index contributed by atoms with van der Waals surface area (Å²) in [6.07, 6.45) is 2.04. The van der Waals surface area contributed by atoms with Crippen LogP contribution in [-0.2, 0) is 16.6 Å². The lowest BCUT2D eigenvalue weighted by molar-refractivity contribution is 0.269. The van der Waals surface area contributed by atoms with Crippen LogP contribution in [0.15, 0.2) is 29.2 Å². The fourth-order valence-corrected chi connectivity index (χ4v) is 2.86. The average Bonchev–Trinajstić information content (AvgIpc) is 2.65. The van der Waals surface area contributed by atoms with Gasteiger partial charge in [-0.2, -0.15) is 9.97 Å². The van der Waals surface area contributed by atoms with Gasteiger partial charge in [-0.05, 0) is 30.0 Å². The fourth-order valence-electron chi connectivity index (χ4n) is 2.34. The highest BCUT2D eigenvalue weighted by Crippen LogP contribution is 2.23. The van der Waals surface area contributed by atoms with E-state index in [-0.39, 0.29) is 10.9 Å². The molecule has 2 rings (SSSR count). The largest absolute Gasteiger partial charge is 0.463 e. The van der Waals surface area contributed by atoms with Crippen LogP contribution in [-0.4, -0.2) is 38.3 Å². The Morgan fingerprint density at radius 3 is 2.39 bits per heavy atom. The monoisotopic (exact) mass is 406 g/mol. The maximum atomic E-state index is 11.3. The third kappa shape index (κ3) is 5.89. The van der Waals surface area contributed by atoms with Gasteiger partial charge in [0.1, 0.15) is 11.6 Å². The van der Waals surface area contributed by atoms with E-state index in [9.17, 15) is 8.42 Å². The third-order valence-electron chi connectivity index (χ3n) is 3.94. The van der Waals surface area contributed by atoms with Gasteiger partial charge >= 0.3 is 6.01 Å². The van der Waals surface area contributed by atoms with Crippen LogP contribution in [0.2, 0.25) is 0 Å². The van der Waals surface area contributed by atoms with Gasteiger partial charge in [-0.1, -0.05) is 26.0 Å². The number of aromatic nitrogens is 2. The summed E-state index contributed by atoms with van der Waals surface area (Å²) in [5, 5.41) is 18.9. The van der Waals surface area contributed by atoms with Crippen LogP contribution in [0, 0.1) is 11.3 Å². The summed E-state index contributed by atoms with van der Waals surface area (Å²) in [4.78, 5) is 8.72. The Hall–Kier alpha value is -2.72. The number of nitrogens with one attached hydrogen (secondary N) is 3. The minimum Gasteiger partial charge on any atom is -0.463 e. The van der Waals surface area contributed by atoms with E-state index in [1.54, 1.807) is 19.2 Å². The first kappa shape index (κ1) is 21.6. The summed E-state index contributed by atoms with van der Waals surface area (Å²) in [5.41, 5.74) is 1.33. The van der Waals surface area contributed by atoms with E-state index in [0.717, 1.165) is 18.2 Å². The van der Waals surface area contributed by atoms with Gasteiger partial charge in [-0.15, -0.1) is 0 Å². The molecule has 1 heterocycles. The molecule has 0 fully saturated rings. The first-order valence-corrected chi connectivity index (χ1v) is 10.4. The molecule has 1 aromatic heterocycles. The van der Waals surface area contributed by atoms with Crippen molar-refractivity contribution in [2.75, 3.05) is 24.3 Å². The first-order valence-electron chi connectivity index (χ1n) is 8.83. The Kier molecular flexibility index (Phi) is 7.30. The van der Waals surface area contributed by atoms with E-state index in [2.05, 4.69) is 34.4 Å². The van der Waals surface area contributed by atoms with Gasteiger partial charge in [0.25, 0.3) is 0 Å². The number of primary sulfonamides is 1. The zero-order valence-electron chi connectivity index (χ0n) is 16.2. The van der Waals surface area contributed by atoms with Crippen molar-refractivity contribution < 1.29 is 13.2 Å². The summed E-state index contributed by atoms with van der Waals surface area (Å²) in [6, 6.07) is 6.45. The van der Waals surface area contributed by atoms with E-state index in [0.29, 0.717) is 36.3 Å². The molecular formula is C18H26N6O3S. The molecular weight excluding hydrogens is 380 g/mol. The number of hydrogen-bond donors (Lipinski definition) is 4. The van der Waals surface area contributed by atoms with Crippen molar-refractivity contribution in [2.45, 2.75) is 31.7 Å². The summed E-state index contributed by atoms with van der Waals surface area (Å²) < 4.78 is 28.3. The second kappa shape index (κ2) is 9.47. The molecule has 0 atom stereocenters. The molecule has 0 amide bonds. The van der Waals surface area contributed by atoms with Crippen molar-refractivity contribution in [3.05, 3.63) is 35.4 Å². The minimum absolute atomic E-state index is 0.0526. The Labute approximate surface area is 165 Å². The predicted octanol–water partition coefficient (Wildman–Crippen LogP) is 2.20. The normalized spacial score (nSPS) is 11.3. The van der Waals surface area contributed by atoms with Gasteiger partial charge < -0.3 is 20.8 Å². The molecule has 0 radical (unpaired) electrons. The molecule has 0 saturated carbocycles. The van der Waals surface area contributed by atoms with E-state index in [1.165, 1.54) is 12.1 Å². The molecule has 0 spiro atoms. The van der Waals surface area contributed by atoms with Crippen molar-refractivity contribution >= 4 is 27.9 Å². The lowest BCUT2D eigenvalue weighted by Gasteiger charge is -2.14. The maximum Gasteiger partial charge on any atom is 0.320 e. The van der Waals surface area contributed by atoms with E-state index >= 15 is 0 Å². The molecule has 0 aliphatic heterocycles. The highest BCUT2D eigenvalue weighted by Gasteiger charge is 2.13. The molecule has 9 nitrogen and oxygen atoms in total. The summed E-state index contributed by atoms with van der Waals surface area (Å²) in [6.45, 7) is 5.08. The number of sulfonamides is 1. The zero-order valence-corrected chi connectivity index (χ0v) is 17.0. The number of nitrogens with zero attached hydrogens (tertiary/aromatic N) is 2. The van der Waals surface area contributed by atoms with E-state index in [1.807, 2.05) is 0 Å². The second-order valence-corrected chi connectivity index (χ2v) is 8.15. The van der Waals surface area contributed by atoms with Crippen molar-refractivity contribution in [1.29, 1.82) is 5.41 Å². The van der Waals surface area contributed by atoms with Crippen LogP contribution in [0.5, 0.6) is 6.01 Å². The molecule has 10 heteroatoms. The molecule has 5 N–H and O–H groups in total. The van der Waals surface area contributed by atoms with Crippen LogP contribution in [0.25, 0.3) is 0 Å². The molecule has 1 aromatic carbocycles. The van der Waals surface area contributed by atoms with Crippen LogP contribution < -0.4 is 20.5 Å². The van der Waals surface area contributed by atoms with Crippen LogP contribution in [0.4, 0.5) is 11.6 Å². The van der Waals surface area contributed by atoms with Crippen LogP contribution in [0.3, 0.4) is 0 Å². The molecule has 0 unspecified atom stereocenters. The van der Waals surface area contributed by atoms with Gasteiger partial charge in [0.05, 0.1) is 17.1 Å². The molecule has 152 valence electrons. The highest BCUT2D eigenvalue weighted by atomic mass is 32.2. The smallest absolute Gasteiger partial charge is 0.320 e. The Balaban J connectivity index is 2.19. The van der Waals surface area contributed by atoms with Crippen molar-refractivity contribution in [1.82, 2.24) is 9.97 Å². The number of anilines is 2. The Bertz CT molecular complexity index is 914. The molecule has 0 aliphatic carbocycles. The van der Waals surface area contributed by atoms with Gasteiger partial charge in [-0.3, -0.25) is 0 Å². The number of ether oxygens (including phenoxy) is 1. The lowest BCUT2D eigenvalue weighted by Crippen LogP contribution is -2.13. The predicted molar refractivity (Wildman–Crippen MR) is 110 cm³/mol. The van der Waals surface area contributed by atoms with Crippen molar-refractivity contribution in [3.8, 4) is 6.01 Å². The topological polar surface area (TPSA) is 143 Å². The maximum absolute atomic E-state index is 11.3. The van der Waals surface area contributed by atoms with Crippen molar-refractivity contribution in [2.24, 2.45) is 11.1 Å². The highest BCUT2D eigenvalue weighted by molar-refractivity contribution is 7.89. The van der Waals surface area contributed by atoms with Gasteiger partial charge in [-0.25, -0.2) is 13.6 Å². The quantitative estimate of drug-likeness (QED) is 0.443. The standard InChI is InChI=1S/C18H26N6O3S/c1-12(2)8-9-27-18-23-16(21-3)15(10-19)17(24-18)22-11-13-4-6-14(7-5-13)28(20,25)26/h4-7,10,12,19H,8-9,11H2,1-3H3,(H2,20,25,26)(H2,21,22,23,24). The first-order chi connectivity index (χ1) is 13.2. The summed E-state index contributed by atoms with van der Waals surface area (Å²) in [5.74, 6) is 1.43. The molecule has 0 saturated heterocycles. The fraction of sp³-hybridized carbons (Fsp3) is 0.389. The summed E-state index contributed by atoms with van der Waals surface area (Å²) >= 11 is 0. The number of benzene rings is 1. The molecule has 28 heavy (non-hydrogen) atoms. The number of rotatable bonds is 10. The van der Waals surface area contributed by atoms with E-state index in [4.69, 9.17) is 15.3 Å². The molecule has 0 bridgehead atoms. The SMILES string of the molecule is CNc1nc(OCCC(C)C)nc(NCc2ccc(S(N)(=O)=O)cc2)c1C=N. The number of hydrogen-bond acceptors (Lipinski definition) is 8. The minimum atomic E-state index is -3.72. The van der Waals surface area contributed by atoms with Crippen LogP contribution in [0.1, 0.15) is 31.4 Å². The number of nitrogens with two attached hydrogens (primary N) is 1. The average molecular weight is 407 g/mol. The van der Waals surface area contributed by atoms with Gasteiger partial charge in [0.2, 0.25) is 10.0 Å². The lowest BCUT2D eigenvalue weighted by atomic mass is 10.1. The van der Waals surface area contributed by atoms with Crippen LogP contribution >= 0.6 is 0 Å². The van der Waals surface area contributed by atoms with Gasteiger partial charge in [0.15, 0.2) is 0 Å². The second-order valence-electron chi connectivity index (χ2n) is 6.58. The van der Waals surface area contributed by atoms with Gasteiger partial charge in [0, 0.05) is 19.8 Å². The Morgan fingerprint density at radius 1 is 1.21 bits per heavy atom. The summed E-state index contributed by atoms with van der Waals surface area (Å²) in [7, 11) is -2.01. The van der Waals surface area contributed by atoms with Crippen molar-refractivity contribution in [3.63, 3.8) is 0 Å². The van der Waals surface area contributed by atoms with E-state index < -0.39 is 10.0 Å². The Morgan fingerprint density at radius 2 is 1.86 bits per heavy atom. The molecule has 2 aromatic rings. The zero-order chi connectivity index (χ0) is 20.7. The third-order valence-corrected chi connectivity index (χ3v) is 4.87. The molecule has 0 aliphatic rings.